The number of aryl methyl sites for hydroxylation is 1. The lowest BCUT2D eigenvalue weighted by Crippen LogP contribution is -2.53. The highest BCUT2D eigenvalue weighted by Gasteiger charge is 2.35. The number of anilines is 1. The topological polar surface area (TPSA) is 139 Å². The molecule has 11 nitrogen and oxygen atoms in total. The summed E-state index contributed by atoms with van der Waals surface area (Å²) >= 11 is 12.5. The van der Waals surface area contributed by atoms with Gasteiger partial charge in [-0.25, -0.2) is 8.42 Å². The Morgan fingerprint density at radius 3 is 2.25 bits per heavy atom. The van der Waals surface area contributed by atoms with E-state index in [1.807, 2.05) is 0 Å². The molecular formula is C30H34Cl2N4O7S. The van der Waals surface area contributed by atoms with Gasteiger partial charge in [0, 0.05) is 34.3 Å². The Kier molecular flexibility index (Phi) is 11.6. The number of hydrogen-bond donors (Lipinski definition) is 1. The Labute approximate surface area is 266 Å². The van der Waals surface area contributed by atoms with Crippen LogP contribution in [0.15, 0.2) is 65.6 Å². The highest BCUT2D eigenvalue weighted by Crippen LogP contribution is 2.30. The van der Waals surface area contributed by atoms with Gasteiger partial charge < -0.3 is 15.0 Å². The molecule has 1 N–H and O–H groups in total. The summed E-state index contributed by atoms with van der Waals surface area (Å²) in [6, 6.07) is 13.0. The van der Waals surface area contributed by atoms with E-state index in [1.54, 1.807) is 32.9 Å². The number of hydrogen-bond acceptors (Lipinski definition) is 7. The largest absolute Gasteiger partial charge is 0.497 e. The van der Waals surface area contributed by atoms with Crippen molar-refractivity contribution in [1.29, 1.82) is 0 Å². The van der Waals surface area contributed by atoms with E-state index in [1.165, 1.54) is 61.4 Å². The third kappa shape index (κ3) is 8.19. The number of methoxy groups -OCH3 is 1. The molecule has 14 heteroatoms. The van der Waals surface area contributed by atoms with Crippen LogP contribution in [0, 0.1) is 17.0 Å². The predicted octanol–water partition coefficient (Wildman–Crippen LogP) is 5.75. The van der Waals surface area contributed by atoms with Crippen molar-refractivity contribution in [3.05, 3.63) is 92.0 Å². The molecule has 0 saturated carbocycles. The van der Waals surface area contributed by atoms with Crippen molar-refractivity contribution in [3.63, 3.8) is 0 Å². The summed E-state index contributed by atoms with van der Waals surface area (Å²) in [6.07, 6.45) is 0.217. The number of nitro benzene ring substituents is 1. The average molecular weight is 666 g/mol. The number of sulfonamides is 1. The van der Waals surface area contributed by atoms with Crippen molar-refractivity contribution in [2.45, 2.75) is 57.6 Å². The van der Waals surface area contributed by atoms with Gasteiger partial charge >= 0.3 is 0 Å². The van der Waals surface area contributed by atoms with Gasteiger partial charge in [-0.3, -0.25) is 24.0 Å². The molecule has 44 heavy (non-hydrogen) atoms. The molecule has 0 aliphatic heterocycles. The number of carbonyl (C=O) groups excluding carboxylic acids is 2. The molecule has 0 fully saturated rings. The van der Waals surface area contributed by atoms with Crippen LogP contribution in [-0.4, -0.2) is 55.8 Å². The summed E-state index contributed by atoms with van der Waals surface area (Å²) in [6.45, 7) is 5.94. The Morgan fingerprint density at radius 2 is 1.70 bits per heavy atom. The monoisotopic (exact) mass is 664 g/mol. The summed E-state index contributed by atoms with van der Waals surface area (Å²) in [7, 11) is -3.09. The van der Waals surface area contributed by atoms with Crippen molar-refractivity contribution in [2.75, 3.05) is 18.0 Å². The van der Waals surface area contributed by atoms with Gasteiger partial charge in [0.2, 0.25) is 11.8 Å². The van der Waals surface area contributed by atoms with Gasteiger partial charge in [0.25, 0.3) is 15.7 Å². The zero-order valence-electron chi connectivity index (χ0n) is 24.9. The zero-order chi connectivity index (χ0) is 32.8. The molecule has 0 bridgehead atoms. The lowest BCUT2D eigenvalue weighted by molar-refractivity contribution is -0.385. The second kappa shape index (κ2) is 14.7. The minimum atomic E-state index is -4.54. The minimum absolute atomic E-state index is 0.103. The lowest BCUT2D eigenvalue weighted by Gasteiger charge is -2.33. The van der Waals surface area contributed by atoms with Crippen molar-refractivity contribution >= 4 is 56.4 Å². The first-order chi connectivity index (χ1) is 20.7. The summed E-state index contributed by atoms with van der Waals surface area (Å²) in [5.41, 5.74) is 0.483. The Bertz CT molecular complexity index is 1630. The Hall–Kier alpha value is -3.87. The first-order valence-corrected chi connectivity index (χ1v) is 15.8. The molecule has 3 rings (SSSR count). The molecule has 1 atom stereocenters. The second-order valence-electron chi connectivity index (χ2n) is 10.3. The van der Waals surface area contributed by atoms with E-state index in [9.17, 15) is 28.1 Å². The highest BCUT2D eigenvalue weighted by molar-refractivity contribution is 7.92. The molecule has 0 heterocycles. The van der Waals surface area contributed by atoms with Crippen LogP contribution in [-0.2, 0) is 26.2 Å². The zero-order valence-corrected chi connectivity index (χ0v) is 27.2. The normalized spacial score (nSPS) is 12.0. The molecule has 0 saturated heterocycles. The second-order valence-corrected chi connectivity index (χ2v) is 13.0. The van der Waals surface area contributed by atoms with Gasteiger partial charge in [-0.1, -0.05) is 42.3 Å². The number of carbonyl (C=O) groups is 2. The maximum atomic E-state index is 14.2. The van der Waals surface area contributed by atoms with Crippen molar-refractivity contribution in [1.82, 2.24) is 10.2 Å². The number of benzene rings is 3. The van der Waals surface area contributed by atoms with Crippen molar-refractivity contribution in [2.24, 2.45) is 0 Å². The Balaban J connectivity index is 2.14. The van der Waals surface area contributed by atoms with E-state index in [-0.39, 0.29) is 45.9 Å². The fourth-order valence-electron chi connectivity index (χ4n) is 4.48. The smallest absolute Gasteiger partial charge is 0.273 e. The van der Waals surface area contributed by atoms with Crippen LogP contribution in [0.3, 0.4) is 0 Å². The first-order valence-electron chi connectivity index (χ1n) is 13.6. The summed E-state index contributed by atoms with van der Waals surface area (Å²) in [5, 5.41) is 15.1. The fraction of sp³-hybridized carbons (Fsp3) is 0.333. The van der Waals surface area contributed by atoms with Crippen LogP contribution in [0.2, 0.25) is 10.0 Å². The third-order valence-corrected chi connectivity index (χ3v) is 9.13. The number of nitrogens with one attached hydrogen (secondary N) is 1. The van der Waals surface area contributed by atoms with Crippen molar-refractivity contribution in [3.8, 4) is 5.75 Å². The maximum absolute atomic E-state index is 14.2. The van der Waals surface area contributed by atoms with Gasteiger partial charge in [-0.2, -0.15) is 0 Å². The standard InChI is InChI=1S/C30H34Cl2N4O7S/c1-6-27(30(38)33-19(2)3)34(17-21-8-9-22(31)15-26(21)32)29(37)18-35(23-10-12-24(43-5)13-11-23)44(41,42)25-14-7-20(4)28(16-25)36(39)40/h7-16,19,27H,6,17-18H2,1-5H3,(H,33,38)/t27-/m0/s1. The van der Waals surface area contributed by atoms with Gasteiger partial charge in [0.15, 0.2) is 0 Å². The summed E-state index contributed by atoms with van der Waals surface area (Å²) < 4.78 is 34.2. The molecule has 3 aromatic rings. The van der Waals surface area contributed by atoms with Crippen LogP contribution in [0.25, 0.3) is 0 Å². The van der Waals surface area contributed by atoms with E-state index < -0.39 is 39.3 Å². The predicted molar refractivity (Wildman–Crippen MR) is 170 cm³/mol. The number of halogens is 2. The van der Waals surface area contributed by atoms with Crippen LogP contribution >= 0.6 is 23.2 Å². The number of nitrogens with zero attached hydrogens (tertiary/aromatic N) is 3. The molecular weight excluding hydrogens is 631 g/mol. The molecule has 0 unspecified atom stereocenters. The molecule has 0 aliphatic carbocycles. The van der Waals surface area contributed by atoms with Crippen LogP contribution in [0.4, 0.5) is 11.4 Å². The highest BCUT2D eigenvalue weighted by atomic mass is 35.5. The maximum Gasteiger partial charge on any atom is 0.273 e. The van der Waals surface area contributed by atoms with Crippen molar-refractivity contribution < 1.29 is 27.7 Å². The molecule has 0 aromatic heterocycles. The van der Waals surface area contributed by atoms with E-state index in [2.05, 4.69) is 5.32 Å². The third-order valence-electron chi connectivity index (χ3n) is 6.78. The minimum Gasteiger partial charge on any atom is -0.497 e. The Morgan fingerprint density at radius 1 is 1.05 bits per heavy atom. The van der Waals surface area contributed by atoms with E-state index in [0.29, 0.717) is 16.3 Å². The van der Waals surface area contributed by atoms with Gasteiger partial charge in [-0.15, -0.1) is 0 Å². The van der Waals surface area contributed by atoms with E-state index >= 15 is 0 Å². The van der Waals surface area contributed by atoms with E-state index in [4.69, 9.17) is 27.9 Å². The van der Waals surface area contributed by atoms with Gasteiger partial charge in [0.05, 0.1) is 22.6 Å². The number of amides is 2. The molecule has 3 aromatic carbocycles. The summed E-state index contributed by atoms with van der Waals surface area (Å²) in [5.74, 6) is -0.685. The molecule has 236 valence electrons. The lowest BCUT2D eigenvalue weighted by atomic mass is 10.1. The molecule has 2 amide bonds. The first kappa shape index (κ1) is 34.6. The SMILES string of the molecule is CC[C@@H](C(=O)NC(C)C)N(Cc1ccc(Cl)cc1Cl)C(=O)CN(c1ccc(OC)cc1)S(=O)(=O)c1ccc(C)c([N+](=O)[O-])c1. The number of rotatable bonds is 13. The summed E-state index contributed by atoms with van der Waals surface area (Å²) in [4.78, 5) is 39.3. The average Bonchev–Trinajstić information content (AvgIpc) is 2.96. The molecule has 0 spiro atoms. The molecule has 0 radical (unpaired) electrons. The van der Waals surface area contributed by atoms with Crippen LogP contribution in [0.1, 0.15) is 38.3 Å². The molecule has 0 aliphatic rings. The quantitative estimate of drug-likeness (QED) is 0.181. The van der Waals surface area contributed by atoms with Gasteiger partial charge in [0.1, 0.15) is 18.3 Å². The number of ether oxygens (including phenoxy) is 1. The fourth-order valence-corrected chi connectivity index (χ4v) is 6.39. The van der Waals surface area contributed by atoms with E-state index in [0.717, 1.165) is 10.4 Å². The number of nitro groups is 1. The van der Waals surface area contributed by atoms with Crippen LogP contribution < -0.4 is 14.4 Å². The van der Waals surface area contributed by atoms with Gasteiger partial charge in [-0.05, 0) is 75.2 Å². The van der Waals surface area contributed by atoms with Crippen LogP contribution in [0.5, 0.6) is 5.75 Å².